The minimum absolute atomic E-state index is 0.0172. The summed E-state index contributed by atoms with van der Waals surface area (Å²) in [5, 5.41) is 1.43. The molecule has 0 bridgehead atoms. The van der Waals surface area contributed by atoms with Crippen LogP contribution in [0.1, 0.15) is 41.2 Å². The number of aromatic nitrogens is 2. The largest absolute Gasteiger partial charge is 0.457 e. The summed E-state index contributed by atoms with van der Waals surface area (Å²) in [6.07, 6.45) is -0.0177. The number of benzene rings is 3. The lowest BCUT2D eigenvalue weighted by atomic mass is 9.85. The van der Waals surface area contributed by atoms with Gasteiger partial charge in [-0.05, 0) is 61.4 Å². The van der Waals surface area contributed by atoms with E-state index in [1.54, 1.807) is 54.0 Å². The highest BCUT2D eigenvalue weighted by Gasteiger charge is 2.50. The number of aliphatic imine (C=N–C) groups is 1. The van der Waals surface area contributed by atoms with Crippen LogP contribution in [-0.4, -0.2) is 42.3 Å². The Bertz CT molecular complexity index is 2390. The van der Waals surface area contributed by atoms with E-state index < -0.39 is 34.1 Å². The number of carbonyl (C=O) groups excluding carboxylic acids is 2. The lowest BCUT2D eigenvalue weighted by Crippen LogP contribution is -2.48. The van der Waals surface area contributed by atoms with E-state index in [-0.39, 0.29) is 46.9 Å². The fourth-order valence-corrected chi connectivity index (χ4v) is 7.51. The van der Waals surface area contributed by atoms with Crippen molar-refractivity contribution in [3.8, 4) is 11.4 Å². The van der Waals surface area contributed by atoms with Gasteiger partial charge in [-0.1, -0.05) is 66.6 Å². The van der Waals surface area contributed by atoms with E-state index in [9.17, 15) is 22.8 Å². The SMILES string of the molecule is CC[C@@]1(OC(=O)CN=C(Cc2ccc(Cl)cc2)NS(=O)(=O)c2ccc(C)cc2)C(=O)OCc2c1cc1n(c2=O)Cc2cc3ccccc3nc2-1. The Balaban J connectivity index is 1.22. The average molecular weight is 711 g/mol. The van der Waals surface area contributed by atoms with E-state index in [1.807, 2.05) is 37.3 Å². The zero-order valence-corrected chi connectivity index (χ0v) is 28.7. The Morgan fingerprint density at radius 3 is 2.54 bits per heavy atom. The van der Waals surface area contributed by atoms with Crippen LogP contribution in [0.15, 0.2) is 99.6 Å². The molecular formula is C37H31ClN4O7S. The van der Waals surface area contributed by atoms with Crippen LogP contribution in [0.2, 0.25) is 5.02 Å². The van der Waals surface area contributed by atoms with Crippen LogP contribution in [0.5, 0.6) is 0 Å². The Labute approximate surface area is 292 Å². The van der Waals surface area contributed by atoms with Crippen molar-refractivity contribution in [3.63, 3.8) is 0 Å². The van der Waals surface area contributed by atoms with Gasteiger partial charge in [-0.25, -0.2) is 23.0 Å². The molecule has 4 heterocycles. The molecule has 3 aromatic carbocycles. The van der Waals surface area contributed by atoms with Gasteiger partial charge in [-0.15, -0.1) is 0 Å². The molecule has 0 saturated heterocycles. The fourth-order valence-electron chi connectivity index (χ4n) is 6.32. The first kappa shape index (κ1) is 33.2. The second-order valence-corrected chi connectivity index (χ2v) is 14.3. The van der Waals surface area contributed by atoms with Crippen molar-refractivity contribution in [3.05, 3.63) is 128 Å². The third-order valence-corrected chi connectivity index (χ3v) is 10.6. The number of cyclic esters (lactones) is 1. The van der Waals surface area contributed by atoms with Crippen molar-refractivity contribution in [1.29, 1.82) is 0 Å². The van der Waals surface area contributed by atoms with Crippen LogP contribution in [0.25, 0.3) is 22.3 Å². The third-order valence-electron chi connectivity index (χ3n) is 8.94. The number of amidine groups is 1. The van der Waals surface area contributed by atoms with Crippen LogP contribution >= 0.6 is 11.6 Å². The maximum atomic E-state index is 13.8. The fraction of sp³-hybridized carbons (Fsp3) is 0.216. The number of rotatable bonds is 8. The second-order valence-electron chi connectivity index (χ2n) is 12.2. The van der Waals surface area contributed by atoms with Gasteiger partial charge in [-0.3, -0.25) is 14.5 Å². The zero-order chi connectivity index (χ0) is 35.2. The number of ether oxygens (including phenoxy) is 2. The maximum Gasteiger partial charge on any atom is 0.355 e. The number of aryl methyl sites for hydroxylation is 1. The summed E-state index contributed by atoms with van der Waals surface area (Å²) in [7, 11) is -4.07. The highest BCUT2D eigenvalue weighted by Crippen LogP contribution is 2.41. The molecule has 50 heavy (non-hydrogen) atoms. The number of fused-ring (bicyclic) bond motifs is 5. The van der Waals surface area contributed by atoms with Crippen molar-refractivity contribution in [2.75, 3.05) is 6.54 Å². The van der Waals surface area contributed by atoms with Crippen molar-refractivity contribution >= 4 is 50.3 Å². The van der Waals surface area contributed by atoms with E-state index in [4.69, 9.17) is 26.1 Å². The quantitative estimate of drug-likeness (QED) is 0.129. The number of hydrogen-bond donors (Lipinski definition) is 1. The molecule has 0 saturated carbocycles. The standard InChI is InChI=1S/C37H31ClN4O7S/c1-3-37(29-18-31-34-25(17-24-6-4-5-7-30(24)40-34)20-42(31)35(44)28(29)21-48-36(37)45)49-33(43)19-39-32(16-23-10-12-26(38)13-11-23)41-50(46,47)27-14-8-22(2)9-15-27/h4-15,17-18H,3,16,19-21H2,1-2H3,(H,39,41)/t37-/m0/s1. The molecule has 0 radical (unpaired) electrons. The van der Waals surface area contributed by atoms with Gasteiger partial charge in [0.25, 0.3) is 15.6 Å². The van der Waals surface area contributed by atoms with Crippen molar-refractivity contribution in [1.82, 2.24) is 14.3 Å². The highest BCUT2D eigenvalue weighted by atomic mass is 35.5. The van der Waals surface area contributed by atoms with Crippen LogP contribution in [-0.2, 0) is 54.3 Å². The Kier molecular flexibility index (Phi) is 8.53. The maximum absolute atomic E-state index is 13.8. The first-order chi connectivity index (χ1) is 24.0. The number of nitrogens with zero attached hydrogens (tertiary/aromatic N) is 3. The number of carbonyl (C=O) groups is 2. The molecule has 1 N–H and O–H groups in total. The van der Waals surface area contributed by atoms with Crippen molar-refractivity contribution < 1.29 is 27.5 Å². The number of sulfonamides is 1. The van der Waals surface area contributed by atoms with Crippen molar-refractivity contribution in [2.24, 2.45) is 4.99 Å². The zero-order valence-electron chi connectivity index (χ0n) is 27.1. The van der Waals surface area contributed by atoms with Crippen LogP contribution in [0, 0.1) is 6.92 Å². The van der Waals surface area contributed by atoms with Crippen LogP contribution in [0.3, 0.4) is 0 Å². The molecule has 0 unspecified atom stereocenters. The summed E-state index contributed by atoms with van der Waals surface area (Å²) >= 11 is 6.04. The number of esters is 2. The van der Waals surface area contributed by atoms with Gasteiger partial charge in [0.15, 0.2) is 0 Å². The Hall–Kier alpha value is -5.33. The Morgan fingerprint density at radius 2 is 1.80 bits per heavy atom. The molecule has 254 valence electrons. The molecule has 2 aromatic heterocycles. The lowest BCUT2D eigenvalue weighted by Gasteiger charge is -2.35. The molecule has 5 aromatic rings. The topological polar surface area (TPSA) is 146 Å². The molecule has 0 fully saturated rings. The molecule has 0 aliphatic carbocycles. The average Bonchev–Trinajstić information content (AvgIpc) is 3.46. The van der Waals surface area contributed by atoms with Gasteiger partial charge in [0, 0.05) is 28.0 Å². The first-order valence-electron chi connectivity index (χ1n) is 15.9. The normalized spacial score (nSPS) is 16.7. The molecule has 0 amide bonds. The van der Waals surface area contributed by atoms with Gasteiger partial charge in [0.1, 0.15) is 19.0 Å². The van der Waals surface area contributed by atoms with Crippen LogP contribution < -0.4 is 10.3 Å². The minimum atomic E-state index is -4.07. The number of hydrogen-bond acceptors (Lipinski definition) is 9. The van der Waals surface area contributed by atoms with Gasteiger partial charge in [0.05, 0.1) is 33.9 Å². The number of halogens is 1. The molecule has 7 rings (SSSR count). The predicted octanol–water partition coefficient (Wildman–Crippen LogP) is 5.21. The van der Waals surface area contributed by atoms with E-state index in [1.165, 1.54) is 12.1 Å². The summed E-state index contributed by atoms with van der Waals surface area (Å²) in [6, 6.07) is 24.3. The number of pyridine rings is 2. The van der Waals surface area contributed by atoms with Gasteiger partial charge < -0.3 is 14.0 Å². The van der Waals surface area contributed by atoms with Gasteiger partial charge >= 0.3 is 11.9 Å². The van der Waals surface area contributed by atoms with E-state index >= 15 is 0 Å². The summed E-state index contributed by atoms with van der Waals surface area (Å²) < 4.78 is 42.0. The second kappa shape index (κ2) is 12.8. The molecule has 2 aliphatic rings. The van der Waals surface area contributed by atoms with Crippen LogP contribution in [0.4, 0.5) is 0 Å². The van der Waals surface area contributed by atoms with E-state index in [0.29, 0.717) is 28.5 Å². The van der Waals surface area contributed by atoms with Gasteiger partial charge in [-0.2, -0.15) is 0 Å². The third kappa shape index (κ3) is 6.05. The van der Waals surface area contributed by atoms with E-state index in [0.717, 1.165) is 22.0 Å². The number of para-hydroxylation sites is 1. The summed E-state index contributed by atoms with van der Waals surface area (Å²) in [4.78, 5) is 50.0. The molecular weight excluding hydrogens is 680 g/mol. The predicted molar refractivity (Wildman–Crippen MR) is 187 cm³/mol. The highest BCUT2D eigenvalue weighted by molar-refractivity contribution is 7.90. The molecule has 13 heteroatoms. The summed E-state index contributed by atoms with van der Waals surface area (Å²) in [5.74, 6) is -1.78. The van der Waals surface area contributed by atoms with Gasteiger partial charge in [0.2, 0.25) is 5.60 Å². The number of nitrogens with one attached hydrogen (secondary N) is 1. The monoisotopic (exact) mass is 710 g/mol. The molecule has 11 nitrogen and oxygen atoms in total. The minimum Gasteiger partial charge on any atom is -0.457 e. The molecule has 1 atom stereocenters. The molecule has 2 aliphatic heterocycles. The summed E-state index contributed by atoms with van der Waals surface area (Å²) in [5.41, 5.74) is 2.42. The van der Waals surface area contributed by atoms with E-state index in [2.05, 4.69) is 9.71 Å². The molecule has 0 spiro atoms. The first-order valence-corrected chi connectivity index (χ1v) is 17.8. The lowest BCUT2D eigenvalue weighted by molar-refractivity contribution is -0.188. The smallest absolute Gasteiger partial charge is 0.355 e. The van der Waals surface area contributed by atoms with Crippen molar-refractivity contribution in [2.45, 2.75) is 50.3 Å². The summed E-state index contributed by atoms with van der Waals surface area (Å²) in [6.45, 7) is 2.88. The Morgan fingerprint density at radius 1 is 1.06 bits per heavy atom.